The van der Waals surface area contributed by atoms with E-state index < -0.39 is 0 Å². The Morgan fingerprint density at radius 2 is 2.50 bits per heavy atom. The molecule has 2 nitrogen and oxygen atoms in total. The molecule has 10 heavy (non-hydrogen) atoms. The Labute approximate surface area is 59.9 Å². The molecule has 0 atom stereocenters. The monoisotopic (exact) mass is 135 g/mol. The van der Waals surface area contributed by atoms with Crippen molar-refractivity contribution in [1.29, 1.82) is 0 Å². The van der Waals surface area contributed by atoms with E-state index in [0.717, 1.165) is 5.76 Å². The van der Waals surface area contributed by atoms with Crippen molar-refractivity contribution in [3.63, 3.8) is 0 Å². The fraction of sp³-hybridized carbons (Fsp3) is 0.125. The van der Waals surface area contributed by atoms with Gasteiger partial charge in [0.25, 0.3) is 0 Å². The van der Waals surface area contributed by atoms with Crippen molar-refractivity contribution in [3.8, 4) is 0 Å². The molecule has 1 aromatic rings. The molecule has 0 bridgehead atoms. The van der Waals surface area contributed by atoms with Crippen LogP contribution in [0.15, 0.2) is 40.1 Å². The van der Waals surface area contributed by atoms with E-state index in [1.165, 1.54) is 0 Å². The molecule has 0 N–H and O–H groups in total. The standard InChI is InChI=1S/C8H9NO/c1-2-5-9-7-8-4-3-6-10-8/h2-7H,1H3/b5-2-,9-7?. The molecule has 0 aliphatic carbocycles. The topological polar surface area (TPSA) is 25.5 Å². The van der Waals surface area contributed by atoms with E-state index in [4.69, 9.17) is 4.42 Å². The summed E-state index contributed by atoms with van der Waals surface area (Å²) in [5.41, 5.74) is 0. The molecule has 0 spiro atoms. The summed E-state index contributed by atoms with van der Waals surface area (Å²) in [5, 5.41) is 0. The highest BCUT2D eigenvalue weighted by Gasteiger charge is 1.84. The van der Waals surface area contributed by atoms with Gasteiger partial charge in [0.15, 0.2) is 0 Å². The lowest BCUT2D eigenvalue weighted by Gasteiger charge is -1.77. The zero-order chi connectivity index (χ0) is 7.23. The van der Waals surface area contributed by atoms with Gasteiger partial charge in [0.1, 0.15) is 5.76 Å². The van der Waals surface area contributed by atoms with Gasteiger partial charge in [-0.15, -0.1) is 0 Å². The van der Waals surface area contributed by atoms with Crippen molar-refractivity contribution in [2.45, 2.75) is 6.92 Å². The highest BCUT2D eigenvalue weighted by Crippen LogP contribution is 1.94. The van der Waals surface area contributed by atoms with Crippen molar-refractivity contribution < 1.29 is 4.42 Å². The highest BCUT2D eigenvalue weighted by molar-refractivity contribution is 5.76. The lowest BCUT2D eigenvalue weighted by atomic mass is 10.5. The number of allylic oxidation sites excluding steroid dienone is 1. The Bertz CT molecular complexity index is 221. The van der Waals surface area contributed by atoms with Crippen LogP contribution in [0.3, 0.4) is 0 Å². The molecule has 0 aromatic carbocycles. The van der Waals surface area contributed by atoms with E-state index in [1.807, 2.05) is 25.1 Å². The SMILES string of the molecule is C/C=C\N=Cc1ccco1. The summed E-state index contributed by atoms with van der Waals surface area (Å²) in [5.74, 6) is 0.776. The Morgan fingerprint density at radius 1 is 1.60 bits per heavy atom. The number of hydrogen-bond acceptors (Lipinski definition) is 2. The second-order valence-electron chi connectivity index (χ2n) is 1.78. The van der Waals surface area contributed by atoms with Gasteiger partial charge in [-0.1, -0.05) is 6.08 Å². The number of hydrogen-bond donors (Lipinski definition) is 0. The summed E-state index contributed by atoms with van der Waals surface area (Å²) >= 11 is 0. The van der Waals surface area contributed by atoms with E-state index >= 15 is 0 Å². The predicted octanol–water partition coefficient (Wildman–Crippen LogP) is 2.23. The summed E-state index contributed by atoms with van der Waals surface area (Å²) in [4.78, 5) is 3.93. The molecular weight excluding hydrogens is 126 g/mol. The maximum atomic E-state index is 5.00. The third-order valence-corrected chi connectivity index (χ3v) is 0.980. The van der Waals surface area contributed by atoms with Crippen molar-refractivity contribution in [2.24, 2.45) is 4.99 Å². The lowest BCUT2D eigenvalue weighted by Crippen LogP contribution is -1.69. The Morgan fingerprint density at radius 3 is 3.10 bits per heavy atom. The van der Waals surface area contributed by atoms with E-state index in [-0.39, 0.29) is 0 Å². The average Bonchev–Trinajstić information content (AvgIpc) is 2.41. The molecule has 0 amide bonds. The van der Waals surface area contributed by atoms with Gasteiger partial charge in [0, 0.05) is 6.20 Å². The normalized spacial score (nSPS) is 11.7. The quantitative estimate of drug-likeness (QED) is 0.571. The molecular formula is C8H9NO. The summed E-state index contributed by atoms with van der Waals surface area (Å²) in [6.07, 6.45) is 6.86. The van der Waals surface area contributed by atoms with E-state index in [9.17, 15) is 0 Å². The zero-order valence-electron chi connectivity index (χ0n) is 5.82. The van der Waals surface area contributed by atoms with E-state index in [1.54, 1.807) is 18.7 Å². The van der Waals surface area contributed by atoms with E-state index in [0.29, 0.717) is 0 Å². The van der Waals surface area contributed by atoms with Crippen LogP contribution in [0, 0.1) is 0 Å². The van der Waals surface area contributed by atoms with Gasteiger partial charge in [0.05, 0.1) is 12.5 Å². The number of furan rings is 1. The van der Waals surface area contributed by atoms with Crippen LogP contribution in [-0.2, 0) is 0 Å². The average molecular weight is 135 g/mol. The molecule has 1 heterocycles. The Kier molecular flexibility index (Phi) is 2.49. The molecule has 1 aromatic heterocycles. The molecule has 0 fully saturated rings. The Balaban J connectivity index is 2.55. The summed E-state index contributed by atoms with van der Waals surface area (Å²) in [7, 11) is 0. The van der Waals surface area contributed by atoms with Gasteiger partial charge in [0.2, 0.25) is 0 Å². The van der Waals surface area contributed by atoms with Gasteiger partial charge in [-0.3, -0.25) is 4.99 Å². The molecule has 0 saturated carbocycles. The van der Waals surface area contributed by atoms with Crippen molar-refractivity contribution in [1.82, 2.24) is 0 Å². The van der Waals surface area contributed by atoms with Crippen LogP contribution in [0.2, 0.25) is 0 Å². The fourth-order valence-electron chi connectivity index (χ4n) is 0.567. The maximum Gasteiger partial charge on any atom is 0.144 e. The third-order valence-electron chi connectivity index (χ3n) is 0.980. The fourth-order valence-corrected chi connectivity index (χ4v) is 0.567. The molecule has 0 aliphatic rings. The number of rotatable bonds is 2. The zero-order valence-corrected chi connectivity index (χ0v) is 5.82. The van der Waals surface area contributed by atoms with Gasteiger partial charge in [-0.2, -0.15) is 0 Å². The summed E-state index contributed by atoms with van der Waals surface area (Å²) in [6, 6.07) is 3.68. The van der Waals surface area contributed by atoms with Gasteiger partial charge < -0.3 is 4.42 Å². The summed E-state index contributed by atoms with van der Waals surface area (Å²) in [6.45, 7) is 1.92. The third kappa shape index (κ3) is 1.90. The number of aliphatic imine (C=N–C) groups is 1. The Hall–Kier alpha value is -1.31. The van der Waals surface area contributed by atoms with Crippen LogP contribution in [0.4, 0.5) is 0 Å². The van der Waals surface area contributed by atoms with Crippen molar-refractivity contribution in [3.05, 3.63) is 36.4 Å². The molecule has 0 radical (unpaired) electrons. The predicted molar refractivity (Wildman–Crippen MR) is 41.1 cm³/mol. The van der Waals surface area contributed by atoms with Gasteiger partial charge >= 0.3 is 0 Å². The van der Waals surface area contributed by atoms with Crippen LogP contribution in [0.25, 0.3) is 0 Å². The van der Waals surface area contributed by atoms with Gasteiger partial charge in [-0.05, 0) is 19.1 Å². The van der Waals surface area contributed by atoms with E-state index in [2.05, 4.69) is 4.99 Å². The highest BCUT2D eigenvalue weighted by atomic mass is 16.3. The minimum absolute atomic E-state index is 0.776. The molecule has 52 valence electrons. The van der Waals surface area contributed by atoms with Gasteiger partial charge in [-0.25, -0.2) is 0 Å². The molecule has 0 saturated heterocycles. The second-order valence-corrected chi connectivity index (χ2v) is 1.78. The molecule has 0 unspecified atom stereocenters. The van der Waals surface area contributed by atoms with Crippen LogP contribution < -0.4 is 0 Å². The smallest absolute Gasteiger partial charge is 0.144 e. The van der Waals surface area contributed by atoms with Crippen molar-refractivity contribution in [2.75, 3.05) is 0 Å². The first-order chi connectivity index (χ1) is 4.93. The van der Waals surface area contributed by atoms with Crippen LogP contribution in [0.5, 0.6) is 0 Å². The minimum Gasteiger partial charge on any atom is -0.463 e. The van der Waals surface area contributed by atoms with Crippen LogP contribution in [-0.4, -0.2) is 6.21 Å². The molecule has 1 rings (SSSR count). The first-order valence-corrected chi connectivity index (χ1v) is 3.11. The minimum atomic E-state index is 0.776. The summed E-state index contributed by atoms with van der Waals surface area (Å²) < 4.78 is 5.00. The van der Waals surface area contributed by atoms with Crippen LogP contribution in [0.1, 0.15) is 12.7 Å². The van der Waals surface area contributed by atoms with Crippen molar-refractivity contribution >= 4 is 6.21 Å². The molecule has 2 heteroatoms. The largest absolute Gasteiger partial charge is 0.463 e. The maximum absolute atomic E-state index is 5.00. The first-order valence-electron chi connectivity index (χ1n) is 3.11. The second kappa shape index (κ2) is 3.67. The lowest BCUT2D eigenvalue weighted by molar-refractivity contribution is 0.560. The number of nitrogens with zero attached hydrogens (tertiary/aromatic N) is 1. The first kappa shape index (κ1) is 6.81. The molecule has 0 aliphatic heterocycles. The van der Waals surface area contributed by atoms with Crippen LogP contribution >= 0.6 is 0 Å².